The molecule has 5 heteroatoms. The lowest BCUT2D eigenvalue weighted by Crippen LogP contribution is -2.12. The maximum absolute atomic E-state index is 4.54. The topological polar surface area (TPSA) is 37.0 Å². The highest BCUT2D eigenvalue weighted by atomic mass is 79.9. The van der Waals surface area contributed by atoms with Crippen LogP contribution < -0.4 is 10.6 Å². The summed E-state index contributed by atoms with van der Waals surface area (Å²) < 4.78 is 1.06. The number of halogens is 1. The first-order chi connectivity index (χ1) is 8.19. The maximum Gasteiger partial charge on any atom is 0.187 e. The SMILES string of the molecule is CNC(C)c1csc(Nc2cccc(Br)c2)n1. The molecule has 1 aromatic carbocycles. The Morgan fingerprint density at radius 1 is 1.41 bits per heavy atom. The molecule has 1 atom stereocenters. The molecular weight excluding hydrogens is 298 g/mol. The lowest BCUT2D eigenvalue weighted by Gasteiger charge is -2.05. The molecule has 0 amide bonds. The Balaban J connectivity index is 2.11. The molecular formula is C12H14BrN3S. The summed E-state index contributed by atoms with van der Waals surface area (Å²) in [7, 11) is 1.94. The van der Waals surface area contributed by atoms with Gasteiger partial charge in [-0.25, -0.2) is 4.98 Å². The number of rotatable bonds is 4. The van der Waals surface area contributed by atoms with Crippen molar-refractivity contribution in [2.75, 3.05) is 12.4 Å². The molecule has 0 radical (unpaired) electrons. The fourth-order valence-corrected chi connectivity index (χ4v) is 2.60. The van der Waals surface area contributed by atoms with Crippen molar-refractivity contribution in [2.45, 2.75) is 13.0 Å². The van der Waals surface area contributed by atoms with E-state index in [0.29, 0.717) is 0 Å². The van der Waals surface area contributed by atoms with E-state index in [-0.39, 0.29) is 6.04 Å². The minimum Gasteiger partial charge on any atom is -0.332 e. The van der Waals surface area contributed by atoms with Gasteiger partial charge in [0, 0.05) is 21.6 Å². The van der Waals surface area contributed by atoms with Crippen LogP contribution in [0.5, 0.6) is 0 Å². The number of aromatic nitrogens is 1. The summed E-state index contributed by atoms with van der Waals surface area (Å²) in [6.45, 7) is 2.10. The van der Waals surface area contributed by atoms with E-state index < -0.39 is 0 Å². The zero-order valence-corrected chi connectivity index (χ0v) is 12.1. The Morgan fingerprint density at radius 3 is 2.94 bits per heavy atom. The minimum atomic E-state index is 0.282. The van der Waals surface area contributed by atoms with E-state index in [4.69, 9.17) is 0 Å². The summed E-state index contributed by atoms with van der Waals surface area (Å²) >= 11 is 5.06. The van der Waals surface area contributed by atoms with Gasteiger partial charge in [-0.15, -0.1) is 11.3 Å². The highest BCUT2D eigenvalue weighted by Crippen LogP contribution is 2.25. The normalized spacial score (nSPS) is 12.4. The predicted molar refractivity (Wildman–Crippen MR) is 77.0 cm³/mol. The molecule has 2 aromatic rings. The summed E-state index contributed by atoms with van der Waals surface area (Å²) in [5, 5.41) is 9.46. The molecule has 1 aromatic heterocycles. The summed E-state index contributed by atoms with van der Waals surface area (Å²) in [6, 6.07) is 8.33. The predicted octanol–water partition coefficient (Wildman–Crippen LogP) is 3.93. The van der Waals surface area contributed by atoms with E-state index in [1.165, 1.54) is 0 Å². The van der Waals surface area contributed by atoms with Gasteiger partial charge in [-0.2, -0.15) is 0 Å². The van der Waals surface area contributed by atoms with Gasteiger partial charge in [-0.1, -0.05) is 22.0 Å². The molecule has 0 aliphatic rings. The Hall–Kier alpha value is -0.910. The third-order valence-corrected chi connectivity index (χ3v) is 3.74. The number of hydrogen-bond acceptors (Lipinski definition) is 4. The van der Waals surface area contributed by atoms with Crippen molar-refractivity contribution in [1.29, 1.82) is 0 Å². The smallest absolute Gasteiger partial charge is 0.187 e. The highest BCUT2D eigenvalue weighted by Gasteiger charge is 2.07. The molecule has 1 heterocycles. The number of anilines is 2. The average Bonchev–Trinajstić information content (AvgIpc) is 2.76. The number of nitrogens with zero attached hydrogens (tertiary/aromatic N) is 1. The van der Waals surface area contributed by atoms with Crippen LogP contribution in [0.15, 0.2) is 34.1 Å². The Morgan fingerprint density at radius 2 is 2.24 bits per heavy atom. The third-order valence-electron chi connectivity index (χ3n) is 2.47. The van der Waals surface area contributed by atoms with Crippen molar-refractivity contribution in [3.05, 3.63) is 39.8 Å². The van der Waals surface area contributed by atoms with Gasteiger partial charge in [-0.05, 0) is 32.2 Å². The summed E-state index contributed by atoms with van der Waals surface area (Å²) in [4.78, 5) is 4.54. The van der Waals surface area contributed by atoms with E-state index in [9.17, 15) is 0 Å². The van der Waals surface area contributed by atoms with Crippen LogP contribution in [-0.4, -0.2) is 12.0 Å². The van der Waals surface area contributed by atoms with Crippen LogP contribution in [0.25, 0.3) is 0 Å². The second-order valence-electron chi connectivity index (χ2n) is 3.72. The van der Waals surface area contributed by atoms with Crippen molar-refractivity contribution in [3.8, 4) is 0 Å². The zero-order valence-electron chi connectivity index (χ0n) is 9.70. The molecule has 90 valence electrons. The van der Waals surface area contributed by atoms with Crippen LogP contribution in [0.4, 0.5) is 10.8 Å². The number of hydrogen-bond donors (Lipinski definition) is 2. The van der Waals surface area contributed by atoms with Gasteiger partial charge in [0.05, 0.1) is 5.69 Å². The first-order valence-corrected chi connectivity index (χ1v) is 7.01. The molecule has 0 fully saturated rings. The van der Waals surface area contributed by atoms with Gasteiger partial charge < -0.3 is 10.6 Å². The summed E-state index contributed by atoms with van der Waals surface area (Å²) in [6.07, 6.45) is 0. The van der Waals surface area contributed by atoms with Crippen molar-refractivity contribution < 1.29 is 0 Å². The lowest BCUT2D eigenvalue weighted by atomic mass is 10.3. The van der Waals surface area contributed by atoms with Gasteiger partial charge >= 0.3 is 0 Å². The summed E-state index contributed by atoms with van der Waals surface area (Å²) in [5.41, 5.74) is 2.10. The van der Waals surface area contributed by atoms with Crippen LogP contribution in [-0.2, 0) is 0 Å². The van der Waals surface area contributed by atoms with Gasteiger partial charge in [-0.3, -0.25) is 0 Å². The van der Waals surface area contributed by atoms with Crippen molar-refractivity contribution >= 4 is 38.1 Å². The maximum atomic E-state index is 4.54. The second-order valence-corrected chi connectivity index (χ2v) is 5.50. The molecule has 0 aliphatic heterocycles. The number of benzene rings is 1. The Kier molecular flexibility index (Phi) is 4.15. The second kappa shape index (κ2) is 5.62. The molecule has 0 bridgehead atoms. The Bertz CT molecular complexity index is 498. The van der Waals surface area contributed by atoms with Crippen LogP contribution in [0.3, 0.4) is 0 Å². The van der Waals surface area contributed by atoms with Gasteiger partial charge in [0.2, 0.25) is 0 Å². The molecule has 0 aliphatic carbocycles. The first-order valence-electron chi connectivity index (χ1n) is 5.34. The van der Waals surface area contributed by atoms with Crippen LogP contribution in [0, 0.1) is 0 Å². The van der Waals surface area contributed by atoms with E-state index >= 15 is 0 Å². The first kappa shape index (κ1) is 12.5. The molecule has 0 saturated carbocycles. The largest absolute Gasteiger partial charge is 0.332 e. The van der Waals surface area contributed by atoms with Crippen molar-refractivity contribution in [2.24, 2.45) is 0 Å². The number of nitrogens with one attached hydrogen (secondary N) is 2. The van der Waals surface area contributed by atoms with Gasteiger partial charge in [0.25, 0.3) is 0 Å². The molecule has 2 rings (SSSR count). The van der Waals surface area contributed by atoms with E-state index in [2.05, 4.69) is 43.9 Å². The fraction of sp³-hybridized carbons (Fsp3) is 0.250. The van der Waals surface area contributed by atoms with E-state index in [1.807, 2.05) is 31.3 Å². The molecule has 0 spiro atoms. The van der Waals surface area contributed by atoms with E-state index in [0.717, 1.165) is 21.0 Å². The van der Waals surface area contributed by atoms with Gasteiger partial charge in [0.1, 0.15) is 0 Å². The Labute approximate surface area is 113 Å². The quantitative estimate of drug-likeness (QED) is 0.898. The standard InChI is InChI=1S/C12H14BrN3S/c1-8(14-2)11-7-17-12(16-11)15-10-5-3-4-9(13)6-10/h3-8,14H,1-2H3,(H,15,16). The minimum absolute atomic E-state index is 0.282. The van der Waals surface area contributed by atoms with Crippen molar-refractivity contribution in [1.82, 2.24) is 10.3 Å². The van der Waals surface area contributed by atoms with Crippen LogP contribution in [0.1, 0.15) is 18.7 Å². The molecule has 17 heavy (non-hydrogen) atoms. The van der Waals surface area contributed by atoms with Crippen molar-refractivity contribution in [3.63, 3.8) is 0 Å². The molecule has 1 unspecified atom stereocenters. The molecule has 0 saturated heterocycles. The highest BCUT2D eigenvalue weighted by molar-refractivity contribution is 9.10. The average molecular weight is 312 g/mol. The monoisotopic (exact) mass is 311 g/mol. The van der Waals surface area contributed by atoms with Crippen LogP contribution >= 0.6 is 27.3 Å². The molecule has 3 nitrogen and oxygen atoms in total. The summed E-state index contributed by atoms with van der Waals surface area (Å²) in [5.74, 6) is 0. The number of thiazole rings is 1. The van der Waals surface area contributed by atoms with Crippen LogP contribution in [0.2, 0.25) is 0 Å². The zero-order chi connectivity index (χ0) is 12.3. The van der Waals surface area contributed by atoms with Gasteiger partial charge in [0.15, 0.2) is 5.13 Å². The lowest BCUT2D eigenvalue weighted by molar-refractivity contribution is 0.637. The van der Waals surface area contributed by atoms with E-state index in [1.54, 1.807) is 11.3 Å². The molecule has 2 N–H and O–H groups in total. The third kappa shape index (κ3) is 3.28. The fourth-order valence-electron chi connectivity index (χ4n) is 1.38.